The highest BCUT2D eigenvalue weighted by Gasteiger charge is 2.26. The molecule has 0 unspecified atom stereocenters. The summed E-state index contributed by atoms with van der Waals surface area (Å²) in [4.78, 5) is 12.6. The number of rotatable bonds is 7. The zero-order chi connectivity index (χ0) is 20.1. The second-order valence-electron chi connectivity index (χ2n) is 7.17. The van der Waals surface area contributed by atoms with Gasteiger partial charge in [-0.15, -0.1) is 0 Å². The van der Waals surface area contributed by atoms with Crippen molar-refractivity contribution >= 4 is 27.3 Å². The molecule has 3 rings (SSSR count). The molecule has 1 N–H and O–H groups in total. The van der Waals surface area contributed by atoms with Crippen LogP contribution < -0.4 is 9.62 Å². The number of carbonyl (C=O) groups excluding carboxylic acids is 1. The van der Waals surface area contributed by atoms with Crippen molar-refractivity contribution in [3.05, 3.63) is 59.2 Å². The van der Waals surface area contributed by atoms with Crippen LogP contribution >= 0.6 is 0 Å². The van der Waals surface area contributed by atoms with Gasteiger partial charge in [-0.25, -0.2) is 8.42 Å². The first-order valence-corrected chi connectivity index (χ1v) is 11.6. The maximum Gasteiger partial charge on any atom is 0.255 e. The van der Waals surface area contributed by atoms with E-state index >= 15 is 0 Å². The summed E-state index contributed by atoms with van der Waals surface area (Å²) in [6.45, 7) is 4.32. The second kappa shape index (κ2) is 8.78. The lowest BCUT2D eigenvalue weighted by atomic mass is 10.0. The summed E-state index contributed by atoms with van der Waals surface area (Å²) in [5.74, 6) is -0.109. The number of nitrogens with zero attached hydrogens (tertiary/aromatic N) is 1. The Kier molecular flexibility index (Phi) is 6.39. The molecule has 150 valence electrons. The SMILES string of the molecule is CCCCc1ccc(NC(=O)c2ccc3c(c2)CCCN3S(=O)(=O)CC)cc1. The third-order valence-electron chi connectivity index (χ3n) is 5.15. The van der Waals surface area contributed by atoms with Crippen LogP contribution in [0.5, 0.6) is 0 Å². The fourth-order valence-electron chi connectivity index (χ4n) is 3.49. The van der Waals surface area contributed by atoms with Crippen LogP contribution in [0, 0.1) is 0 Å². The van der Waals surface area contributed by atoms with Crippen LogP contribution in [-0.4, -0.2) is 26.6 Å². The van der Waals surface area contributed by atoms with E-state index in [1.807, 2.05) is 30.3 Å². The van der Waals surface area contributed by atoms with E-state index in [2.05, 4.69) is 12.2 Å². The topological polar surface area (TPSA) is 66.5 Å². The molecule has 0 spiro atoms. The van der Waals surface area contributed by atoms with Crippen LogP contribution in [-0.2, 0) is 22.9 Å². The van der Waals surface area contributed by atoms with Gasteiger partial charge in [0, 0.05) is 17.8 Å². The zero-order valence-corrected chi connectivity index (χ0v) is 17.4. The molecule has 2 aromatic rings. The predicted octanol–water partition coefficient (Wildman–Crippen LogP) is 4.38. The highest BCUT2D eigenvalue weighted by molar-refractivity contribution is 7.92. The minimum atomic E-state index is -3.29. The maximum atomic E-state index is 12.6. The molecule has 0 saturated heterocycles. The van der Waals surface area contributed by atoms with Crippen LogP contribution in [0.15, 0.2) is 42.5 Å². The number of sulfonamides is 1. The average molecular weight is 401 g/mol. The lowest BCUT2D eigenvalue weighted by molar-refractivity contribution is 0.102. The van der Waals surface area contributed by atoms with E-state index in [0.717, 1.165) is 43.4 Å². The molecule has 0 radical (unpaired) electrons. The fraction of sp³-hybridized carbons (Fsp3) is 0.409. The normalized spacial score (nSPS) is 13.9. The van der Waals surface area contributed by atoms with E-state index in [1.165, 1.54) is 9.87 Å². The Morgan fingerprint density at radius 2 is 1.86 bits per heavy atom. The van der Waals surface area contributed by atoms with Crippen molar-refractivity contribution in [3.63, 3.8) is 0 Å². The molecule has 0 fully saturated rings. The molecule has 5 nitrogen and oxygen atoms in total. The lowest BCUT2D eigenvalue weighted by Crippen LogP contribution is -2.36. The monoisotopic (exact) mass is 400 g/mol. The summed E-state index contributed by atoms with van der Waals surface area (Å²) in [5.41, 5.74) is 4.18. The number of benzene rings is 2. The second-order valence-corrected chi connectivity index (χ2v) is 9.36. The number of hydrogen-bond donors (Lipinski definition) is 1. The summed E-state index contributed by atoms with van der Waals surface area (Å²) in [7, 11) is -3.29. The maximum absolute atomic E-state index is 12.6. The van der Waals surface area contributed by atoms with Crippen molar-refractivity contribution in [1.29, 1.82) is 0 Å². The Balaban J connectivity index is 1.75. The van der Waals surface area contributed by atoms with Crippen LogP contribution in [0.2, 0.25) is 0 Å². The molecule has 0 atom stereocenters. The van der Waals surface area contributed by atoms with Gasteiger partial charge in [0.05, 0.1) is 11.4 Å². The van der Waals surface area contributed by atoms with Crippen LogP contribution in [0.1, 0.15) is 54.6 Å². The van der Waals surface area contributed by atoms with Gasteiger partial charge in [-0.1, -0.05) is 25.5 Å². The molecule has 1 amide bonds. The van der Waals surface area contributed by atoms with Gasteiger partial charge in [0.25, 0.3) is 5.91 Å². The first kappa shape index (κ1) is 20.4. The van der Waals surface area contributed by atoms with E-state index in [9.17, 15) is 13.2 Å². The van der Waals surface area contributed by atoms with Crippen molar-refractivity contribution in [3.8, 4) is 0 Å². The first-order valence-electron chi connectivity index (χ1n) is 9.98. The largest absolute Gasteiger partial charge is 0.322 e. The molecule has 1 aliphatic rings. The highest BCUT2D eigenvalue weighted by Crippen LogP contribution is 2.30. The molecule has 28 heavy (non-hydrogen) atoms. The molecular formula is C22H28N2O3S. The summed E-state index contributed by atoms with van der Waals surface area (Å²) < 4.78 is 26.1. The minimum Gasteiger partial charge on any atom is -0.322 e. The van der Waals surface area contributed by atoms with Gasteiger partial charge < -0.3 is 5.32 Å². The van der Waals surface area contributed by atoms with Gasteiger partial charge in [-0.2, -0.15) is 0 Å². The Labute approximate surface area is 167 Å². The molecule has 0 aliphatic carbocycles. The Bertz CT molecular complexity index is 937. The number of anilines is 2. The Morgan fingerprint density at radius 3 is 2.54 bits per heavy atom. The number of carbonyl (C=O) groups is 1. The highest BCUT2D eigenvalue weighted by atomic mass is 32.2. The zero-order valence-electron chi connectivity index (χ0n) is 16.6. The van der Waals surface area contributed by atoms with Gasteiger partial charge >= 0.3 is 0 Å². The molecule has 0 bridgehead atoms. The number of amides is 1. The van der Waals surface area contributed by atoms with Gasteiger partial charge in [-0.05, 0) is 74.1 Å². The van der Waals surface area contributed by atoms with Crippen molar-refractivity contribution in [1.82, 2.24) is 0 Å². The molecular weight excluding hydrogens is 372 g/mol. The van der Waals surface area contributed by atoms with E-state index in [1.54, 1.807) is 19.1 Å². The van der Waals surface area contributed by atoms with Crippen LogP contribution in [0.3, 0.4) is 0 Å². The molecule has 2 aromatic carbocycles. The van der Waals surface area contributed by atoms with E-state index < -0.39 is 10.0 Å². The molecule has 1 heterocycles. The van der Waals surface area contributed by atoms with E-state index in [-0.39, 0.29) is 11.7 Å². The van der Waals surface area contributed by atoms with Crippen molar-refractivity contribution < 1.29 is 13.2 Å². The Morgan fingerprint density at radius 1 is 1.11 bits per heavy atom. The average Bonchev–Trinajstić information content (AvgIpc) is 2.72. The van der Waals surface area contributed by atoms with Crippen LogP contribution in [0.25, 0.3) is 0 Å². The van der Waals surface area contributed by atoms with Gasteiger partial charge in [0.2, 0.25) is 10.0 Å². The van der Waals surface area contributed by atoms with Crippen molar-refractivity contribution in [2.45, 2.75) is 46.0 Å². The summed E-state index contributed by atoms with van der Waals surface area (Å²) in [6.07, 6.45) is 4.90. The molecule has 0 aromatic heterocycles. The number of nitrogens with one attached hydrogen (secondary N) is 1. The fourth-order valence-corrected chi connectivity index (χ4v) is 4.68. The van der Waals surface area contributed by atoms with Gasteiger partial charge in [-0.3, -0.25) is 9.10 Å². The van der Waals surface area contributed by atoms with Crippen molar-refractivity contribution in [2.24, 2.45) is 0 Å². The minimum absolute atomic E-state index is 0.0724. The van der Waals surface area contributed by atoms with E-state index in [4.69, 9.17) is 0 Å². The summed E-state index contributed by atoms with van der Waals surface area (Å²) in [5, 5.41) is 2.93. The first-order chi connectivity index (χ1) is 13.4. The lowest BCUT2D eigenvalue weighted by Gasteiger charge is -2.30. The van der Waals surface area contributed by atoms with Crippen molar-refractivity contribution in [2.75, 3.05) is 21.9 Å². The van der Waals surface area contributed by atoms with Gasteiger partial charge in [0.1, 0.15) is 0 Å². The summed E-state index contributed by atoms with van der Waals surface area (Å²) in [6, 6.07) is 13.2. The van der Waals surface area contributed by atoms with Crippen LogP contribution in [0.4, 0.5) is 11.4 Å². The smallest absolute Gasteiger partial charge is 0.255 e. The van der Waals surface area contributed by atoms with E-state index in [0.29, 0.717) is 17.8 Å². The summed E-state index contributed by atoms with van der Waals surface area (Å²) >= 11 is 0. The molecule has 6 heteroatoms. The third kappa shape index (κ3) is 4.55. The molecule has 1 aliphatic heterocycles. The standard InChI is InChI=1S/C22H28N2O3S/c1-3-5-7-17-9-12-20(13-10-17)23-22(25)19-11-14-21-18(16-19)8-6-15-24(21)28(26,27)4-2/h9-14,16H,3-8,15H2,1-2H3,(H,23,25). The number of aryl methyl sites for hydroxylation is 2. The number of fused-ring (bicyclic) bond motifs is 1. The predicted molar refractivity (Wildman–Crippen MR) is 115 cm³/mol. The quantitative estimate of drug-likeness (QED) is 0.750. The van der Waals surface area contributed by atoms with Gasteiger partial charge in [0.15, 0.2) is 0 Å². The number of unbranched alkanes of at least 4 members (excludes halogenated alkanes) is 1. The number of hydrogen-bond acceptors (Lipinski definition) is 3. The Hall–Kier alpha value is -2.34. The molecule has 0 saturated carbocycles. The third-order valence-corrected chi connectivity index (χ3v) is 6.93.